The van der Waals surface area contributed by atoms with Crippen molar-refractivity contribution in [3.8, 4) is 0 Å². The molecule has 6 heteroatoms. The van der Waals surface area contributed by atoms with Crippen LogP contribution in [0.4, 0.5) is 5.69 Å². The van der Waals surface area contributed by atoms with Gasteiger partial charge in [0, 0.05) is 16.8 Å². The Morgan fingerprint density at radius 3 is 2.62 bits per heavy atom. The molecule has 1 atom stereocenters. The van der Waals surface area contributed by atoms with Gasteiger partial charge in [-0.05, 0) is 44.2 Å². The number of amides is 1. The fourth-order valence-corrected chi connectivity index (χ4v) is 2.33. The van der Waals surface area contributed by atoms with E-state index >= 15 is 0 Å². The number of aryl methyl sites for hydroxylation is 1. The lowest BCUT2D eigenvalue weighted by Crippen LogP contribution is -2.40. The van der Waals surface area contributed by atoms with E-state index in [1.165, 1.54) is 0 Å². The molecular weight excluding hydrogens is 292 g/mol. The zero-order chi connectivity index (χ0) is 16.0. The first-order chi connectivity index (χ1) is 9.83. The van der Waals surface area contributed by atoms with Crippen molar-refractivity contribution in [2.24, 2.45) is 0 Å². The SMILES string of the molecule is CCN(CC(=O)Nc1ccc(Cl)cc1C)C(C)CC(=O)O. The number of carboxylic acids is 1. The number of carbonyl (C=O) groups excluding carboxylic acids is 1. The number of nitrogens with zero attached hydrogens (tertiary/aromatic N) is 1. The van der Waals surface area contributed by atoms with Crippen LogP contribution < -0.4 is 5.32 Å². The monoisotopic (exact) mass is 312 g/mol. The fraction of sp³-hybridized carbons (Fsp3) is 0.467. The molecule has 0 aliphatic rings. The minimum Gasteiger partial charge on any atom is -0.481 e. The summed E-state index contributed by atoms with van der Waals surface area (Å²) in [5, 5.41) is 12.3. The molecule has 0 saturated carbocycles. The maximum absolute atomic E-state index is 12.1. The van der Waals surface area contributed by atoms with E-state index in [1.54, 1.807) is 25.1 Å². The number of likely N-dealkylation sites (N-methyl/N-ethyl adjacent to an activating group) is 1. The summed E-state index contributed by atoms with van der Waals surface area (Å²) in [5.74, 6) is -1.03. The van der Waals surface area contributed by atoms with Crippen LogP contribution in [0, 0.1) is 6.92 Å². The second-order valence-electron chi connectivity index (χ2n) is 5.02. The van der Waals surface area contributed by atoms with Crippen molar-refractivity contribution >= 4 is 29.2 Å². The van der Waals surface area contributed by atoms with Crippen LogP contribution in [0.3, 0.4) is 0 Å². The number of aliphatic carboxylic acids is 1. The Balaban J connectivity index is 2.64. The lowest BCUT2D eigenvalue weighted by molar-refractivity contribution is -0.138. The Hall–Kier alpha value is -1.59. The van der Waals surface area contributed by atoms with Crippen molar-refractivity contribution in [3.63, 3.8) is 0 Å². The number of hydrogen-bond donors (Lipinski definition) is 2. The van der Waals surface area contributed by atoms with Gasteiger partial charge in [-0.2, -0.15) is 0 Å². The van der Waals surface area contributed by atoms with Crippen molar-refractivity contribution in [1.82, 2.24) is 4.90 Å². The van der Waals surface area contributed by atoms with Crippen LogP contribution in [0.15, 0.2) is 18.2 Å². The molecule has 0 bridgehead atoms. The van der Waals surface area contributed by atoms with Gasteiger partial charge >= 0.3 is 5.97 Å². The highest BCUT2D eigenvalue weighted by molar-refractivity contribution is 6.30. The van der Waals surface area contributed by atoms with Crippen LogP contribution in [0.5, 0.6) is 0 Å². The molecule has 0 heterocycles. The van der Waals surface area contributed by atoms with Crippen LogP contribution in [0.1, 0.15) is 25.8 Å². The molecule has 5 nitrogen and oxygen atoms in total. The highest BCUT2D eigenvalue weighted by atomic mass is 35.5. The molecule has 0 fully saturated rings. The first-order valence-electron chi connectivity index (χ1n) is 6.85. The Morgan fingerprint density at radius 2 is 2.10 bits per heavy atom. The highest BCUT2D eigenvalue weighted by Gasteiger charge is 2.18. The second-order valence-corrected chi connectivity index (χ2v) is 5.45. The summed E-state index contributed by atoms with van der Waals surface area (Å²) in [7, 11) is 0. The summed E-state index contributed by atoms with van der Waals surface area (Å²) in [6.07, 6.45) is 0.0150. The van der Waals surface area contributed by atoms with E-state index in [1.807, 2.05) is 18.7 Å². The quantitative estimate of drug-likeness (QED) is 0.812. The Kier molecular flexibility index (Phi) is 6.65. The lowest BCUT2D eigenvalue weighted by atomic mass is 10.2. The van der Waals surface area contributed by atoms with Gasteiger partial charge in [-0.1, -0.05) is 18.5 Å². The first-order valence-corrected chi connectivity index (χ1v) is 7.23. The second kappa shape index (κ2) is 8.00. The molecule has 1 aromatic rings. The zero-order valence-corrected chi connectivity index (χ0v) is 13.3. The van der Waals surface area contributed by atoms with E-state index in [0.29, 0.717) is 17.3 Å². The minimum atomic E-state index is -0.866. The largest absolute Gasteiger partial charge is 0.481 e. The van der Waals surface area contributed by atoms with Crippen molar-refractivity contribution < 1.29 is 14.7 Å². The molecule has 1 aromatic carbocycles. The zero-order valence-electron chi connectivity index (χ0n) is 12.5. The number of hydrogen-bond acceptors (Lipinski definition) is 3. The molecule has 0 aliphatic heterocycles. The van der Waals surface area contributed by atoms with E-state index in [0.717, 1.165) is 5.56 Å². The number of benzene rings is 1. The van der Waals surface area contributed by atoms with Gasteiger partial charge in [0.1, 0.15) is 0 Å². The van der Waals surface area contributed by atoms with Gasteiger partial charge in [0.25, 0.3) is 0 Å². The van der Waals surface area contributed by atoms with E-state index in [9.17, 15) is 9.59 Å². The summed E-state index contributed by atoms with van der Waals surface area (Å²) in [5.41, 5.74) is 1.60. The Bertz CT molecular complexity index is 520. The van der Waals surface area contributed by atoms with Crippen LogP contribution in [0.2, 0.25) is 5.02 Å². The Labute approximate surface area is 129 Å². The van der Waals surface area contributed by atoms with E-state index in [4.69, 9.17) is 16.7 Å². The average molecular weight is 313 g/mol. The molecule has 1 rings (SSSR count). The van der Waals surface area contributed by atoms with Gasteiger partial charge in [-0.3, -0.25) is 14.5 Å². The summed E-state index contributed by atoms with van der Waals surface area (Å²) in [4.78, 5) is 24.6. The molecule has 2 N–H and O–H groups in total. The lowest BCUT2D eigenvalue weighted by Gasteiger charge is -2.26. The van der Waals surface area contributed by atoms with Crippen LogP contribution in [0.25, 0.3) is 0 Å². The Morgan fingerprint density at radius 1 is 1.43 bits per heavy atom. The van der Waals surface area contributed by atoms with Crippen LogP contribution in [-0.2, 0) is 9.59 Å². The van der Waals surface area contributed by atoms with E-state index in [-0.39, 0.29) is 24.9 Å². The third kappa shape index (κ3) is 5.73. The van der Waals surface area contributed by atoms with Gasteiger partial charge in [-0.15, -0.1) is 0 Å². The van der Waals surface area contributed by atoms with Gasteiger partial charge in [0.2, 0.25) is 5.91 Å². The molecule has 0 aromatic heterocycles. The molecule has 21 heavy (non-hydrogen) atoms. The van der Waals surface area contributed by atoms with Crippen molar-refractivity contribution in [1.29, 1.82) is 0 Å². The summed E-state index contributed by atoms with van der Waals surface area (Å²) >= 11 is 5.87. The minimum absolute atomic E-state index is 0.0150. The molecule has 1 unspecified atom stereocenters. The van der Waals surface area contributed by atoms with Crippen molar-refractivity contribution in [2.45, 2.75) is 33.2 Å². The van der Waals surface area contributed by atoms with Crippen molar-refractivity contribution in [3.05, 3.63) is 28.8 Å². The summed E-state index contributed by atoms with van der Waals surface area (Å²) in [6, 6.07) is 5.06. The maximum Gasteiger partial charge on any atom is 0.304 e. The third-order valence-corrected chi connectivity index (χ3v) is 3.54. The van der Waals surface area contributed by atoms with Gasteiger partial charge < -0.3 is 10.4 Å². The molecule has 0 spiro atoms. The first kappa shape index (κ1) is 17.5. The molecule has 0 aliphatic carbocycles. The predicted molar refractivity (Wildman–Crippen MR) is 83.8 cm³/mol. The number of rotatable bonds is 7. The normalized spacial score (nSPS) is 12.2. The van der Waals surface area contributed by atoms with E-state index in [2.05, 4.69) is 5.32 Å². The average Bonchev–Trinajstić information content (AvgIpc) is 2.38. The molecule has 0 radical (unpaired) electrons. The van der Waals surface area contributed by atoms with Crippen LogP contribution >= 0.6 is 11.6 Å². The number of carbonyl (C=O) groups is 2. The predicted octanol–water partition coefficient (Wildman–Crippen LogP) is 2.77. The molecule has 0 saturated heterocycles. The maximum atomic E-state index is 12.1. The topological polar surface area (TPSA) is 69.6 Å². The number of nitrogens with one attached hydrogen (secondary N) is 1. The van der Waals surface area contributed by atoms with Crippen LogP contribution in [-0.4, -0.2) is 41.0 Å². The number of anilines is 1. The highest BCUT2D eigenvalue weighted by Crippen LogP contribution is 2.19. The molecule has 116 valence electrons. The van der Waals surface area contributed by atoms with E-state index < -0.39 is 5.97 Å². The van der Waals surface area contributed by atoms with Gasteiger partial charge in [-0.25, -0.2) is 0 Å². The summed E-state index contributed by atoms with van der Waals surface area (Å²) < 4.78 is 0. The number of carboxylic acid groups (broad SMARTS) is 1. The fourth-order valence-electron chi connectivity index (χ4n) is 2.10. The standard InChI is InChI=1S/C15H21ClN2O3/c1-4-18(11(3)8-15(20)21)9-14(19)17-13-6-5-12(16)7-10(13)2/h5-7,11H,4,8-9H2,1-3H3,(H,17,19)(H,20,21). The van der Waals surface area contributed by atoms with Crippen molar-refractivity contribution in [2.75, 3.05) is 18.4 Å². The van der Waals surface area contributed by atoms with Gasteiger partial charge in [0.05, 0.1) is 13.0 Å². The number of halogens is 1. The third-order valence-electron chi connectivity index (χ3n) is 3.31. The molecular formula is C15H21ClN2O3. The summed E-state index contributed by atoms with van der Waals surface area (Å²) in [6.45, 7) is 6.35. The molecule has 1 amide bonds. The van der Waals surface area contributed by atoms with Gasteiger partial charge in [0.15, 0.2) is 0 Å². The smallest absolute Gasteiger partial charge is 0.304 e.